The van der Waals surface area contributed by atoms with Crippen LogP contribution < -0.4 is 5.32 Å². The lowest BCUT2D eigenvalue weighted by Crippen LogP contribution is -2.26. The Balaban J connectivity index is 1.94. The molecule has 1 N–H and O–H groups in total. The maximum atomic E-state index is 9.31. The lowest BCUT2D eigenvalue weighted by Gasteiger charge is -2.20. The van der Waals surface area contributed by atoms with Crippen LogP contribution in [0.3, 0.4) is 0 Å². The SMILES string of the molecule is CSC1CCCC1Nc1cc(C#N)c2ccccc2n1. The molecule has 1 fully saturated rings. The number of nitrogens with zero attached hydrogens (tertiary/aromatic N) is 2. The van der Waals surface area contributed by atoms with Gasteiger partial charge in [0, 0.05) is 16.7 Å². The summed E-state index contributed by atoms with van der Waals surface area (Å²) < 4.78 is 0. The Morgan fingerprint density at radius 1 is 1.35 bits per heavy atom. The first-order chi connectivity index (χ1) is 9.81. The Labute approximate surface area is 123 Å². The van der Waals surface area contributed by atoms with Crippen LogP contribution in [0.4, 0.5) is 5.82 Å². The number of hydrogen-bond donors (Lipinski definition) is 1. The van der Waals surface area contributed by atoms with Crippen LogP contribution in [0, 0.1) is 11.3 Å². The molecule has 1 aromatic heterocycles. The third kappa shape index (κ3) is 2.46. The number of benzene rings is 1. The standard InChI is InChI=1S/C16H17N3S/c1-20-15-8-4-7-14(15)19-16-9-11(10-17)12-5-2-3-6-13(12)18-16/h2-3,5-6,9,14-15H,4,7-8H2,1H3,(H,18,19). The van der Waals surface area contributed by atoms with E-state index >= 15 is 0 Å². The summed E-state index contributed by atoms with van der Waals surface area (Å²) >= 11 is 1.92. The summed E-state index contributed by atoms with van der Waals surface area (Å²) in [5.74, 6) is 0.825. The molecule has 1 aromatic carbocycles. The van der Waals surface area contributed by atoms with Gasteiger partial charge in [-0.25, -0.2) is 4.98 Å². The van der Waals surface area contributed by atoms with Gasteiger partial charge in [0.1, 0.15) is 5.82 Å². The Morgan fingerprint density at radius 2 is 2.20 bits per heavy atom. The highest BCUT2D eigenvalue weighted by Crippen LogP contribution is 2.31. The van der Waals surface area contributed by atoms with Gasteiger partial charge in [-0.1, -0.05) is 24.6 Å². The summed E-state index contributed by atoms with van der Waals surface area (Å²) in [5, 5.41) is 14.4. The zero-order chi connectivity index (χ0) is 13.9. The van der Waals surface area contributed by atoms with Crippen molar-refractivity contribution >= 4 is 28.5 Å². The fourth-order valence-corrected chi connectivity index (χ4v) is 3.84. The van der Waals surface area contributed by atoms with Gasteiger partial charge in [-0.15, -0.1) is 0 Å². The average molecular weight is 283 g/mol. The molecule has 0 saturated heterocycles. The molecule has 102 valence electrons. The van der Waals surface area contributed by atoms with E-state index in [1.165, 1.54) is 19.3 Å². The van der Waals surface area contributed by atoms with Crippen LogP contribution in [-0.4, -0.2) is 22.5 Å². The molecule has 1 saturated carbocycles. The Hall–Kier alpha value is -1.73. The molecule has 0 amide bonds. The molecule has 1 aliphatic carbocycles. The van der Waals surface area contributed by atoms with Gasteiger partial charge in [0.25, 0.3) is 0 Å². The highest BCUT2D eigenvalue weighted by Gasteiger charge is 2.26. The third-order valence-corrected chi connectivity index (χ3v) is 5.09. The van der Waals surface area contributed by atoms with E-state index in [2.05, 4.69) is 22.6 Å². The first kappa shape index (κ1) is 13.3. The Bertz CT molecular complexity index is 662. The number of rotatable bonds is 3. The van der Waals surface area contributed by atoms with E-state index in [4.69, 9.17) is 0 Å². The molecule has 3 nitrogen and oxygen atoms in total. The Kier molecular flexibility index (Phi) is 3.79. The number of fused-ring (bicyclic) bond motifs is 1. The van der Waals surface area contributed by atoms with Crippen molar-refractivity contribution in [3.8, 4) is 6.07 Å². The summed E-state index contributed by atoms with van der Waals surface area (Å²) in [4.78, 5) is 4.64. The number of para-hydroxylation sites is 1. The number of anilines is 1. The smallest absolute Gasteiger partial charge is 0.128 e. The Morgan fingerprint density at radius 3 is 3.00 bits per heavy atom. The van der Waals surface area contributed by atoms with Crippen LogP contribution in [0.25, 0.3) is 10.9 Å². The van der Waals surface area contributed by atoms with E-state index in [1.807, 2.05) is 42.1 Å². The van der Waals surface area contributed by atoms with Crippen molar-refractivity contribution < 1.29 is 0 Å². The molecule has 0 bridgehead atoms. The summed E-state index contributed by atoms with van der Waals surface area (Å²) in [5.41, 5.74) is 1.57. The minimum Gasteiger partial charge on any atom is -0.366 e. The number of nitrogens with one attached hydrogen (secondary N) is 1. The summed E-state index contributed by atoms with van der Waals surface area (Å²) in [7, 11) is 0. The largest absolute Gasteiger partial charge is 0.366 e. The van der Waals surface area contributed by atoms with Gasteiger partial charge < -0.3 is 5.32 Å². The molecule has 4 heteroatoms. The van der Waals surface area contributed by atoms with Gasteiger partial charge >= 0.3 is 0 Å². The molecule has 0 radical (unpaired) electrons. The number of aromatic nitrogens is 1. The van der Waals surface area contributed by atoms with Crippen LogP contribution in [0.1, 0.15) is 24.8 Å². The predicted molar refractivity (Wildman–Crippen MR) is 85.0 cm³/mol. The van der Waals surface area contributed by atoms with Crippen molar-refractivity contribution in [3.05, 3.63) is 35.9 Å². The summed E-state index contributed by atoms with van der Waals surface area (Å²) in [6, 6.07) is 12.4. The lowest BCUT2D eigenvalue weighted by molar-refractivity contribution is 0.764. The van der Waals surface area contributed by atoms with Gasteiger partial charge in [0.15, 0.2) is 0 Å². The maximum Gasteiger partial charge on any atom is 0.128 e. The van der Waals surface area contributed by atoms with Crippen molar-refractivity contribution in [2.45, 2.75) is 30.6 Å². The van der Waals surface area contributed by atoms with Crippen molar-refractivity contribution in [1.29, 1.82) is 5.26 Å². The highest BCUT2D eigenvalue weighted by atomic mass is 32.2. The summed E-state index contributed by atoms with van der Waals surface area (Å²) in [6.45, 7) is 0. The fourth-order valence-electron chi connectivity index (χ4n) is 2.91. The van der Waals surface area contributed by atoms with Crippen molar-refractivity contribution in [3.63, 3.8) is 0 Å². The van der Waals surface area contributed by atoms with E-state index in [-0.39, 0.29) is 0 Å². The van der Waals surface area contributed by atoms with Gasteiger partial charge in [-0.3, -0.25) is 0 Å². The van der Waals surface area contributed by atoms with Crippen LogP contribution in [0.15, 0.2) is 30.3 Å². The van der Waals surface area contributed by atoms with E-state index in [0.717, 1.165) is 16.7 Å². The van der Waals surface area contributed by atoms with Crippen LogP contribution in [0.2, 0.25) is 0 Å². The van der Waals surface area contributed by atoms with Gasteiger partial charge in [0.2, 0.25) is 0 Å². The zero-order valence-corrected chi connectivity index (χ0v) is 12.3. The fraction of sp³-hybridized carbons (Fsp3) is 0.375. The minimum atomic E-state index is 0.463. The van der Waals surface area contributed by atoms with E-state index in [9.17, 15) is 5.26 Å². The van der Waals surface area contributed by atoms with E-state index in [0.29, 0.717) is 16.9 Å². The monoisotopic (exact) mass is 283 g/mol. The van der Waals surface area contributed by atoms with Crippen LogP contribution in [0.5, 0.6) is 0 Å². The minimum absolute atomic E-state index is 0.463. The second kappa shape index (κ2) is 5.72. The molecule has 20 heavy (non-hydrogen) atoms. The molecule has 0 aliphatic heterocycles. The molecular weight excluding hydrogens is 266 g/mol. The van der Waals surface area contributed by atoms with Crippen molar-refractivity contribution in [2.75, 3.05) is 11.6 Å². The number of hydrogen-bond acceptors (Lipinski definition) is 4. The van der Waals surface area contributed by atoms with Gasteiger partial charge in [-0.05, 0) is 31.2 Å². The second-order valence-corrected chi connectivity index (χ2v) is 6.22. The molecule has 2 aromatic rings. The second-order valence-electron chi connectivity index (χ2n) is 5.14. The molecule has 3 rings (SSSR count). The predicted octanol–water partition coefficient (Wildman–Crippen LogP) is 3.80. The molecule has 2 unspecified atom stereocenters. The van der Waals surface area contributed by atoms with E-state index < -0.39 is 0 Å². The van der Waals surface area contributed by atoms with Gasteiger partial charge in [0.05, 0.1) is 17.1 Å². The topological polar surface area (TPSA) is 48.7 Å². The van der Waals surface area contributed by atoms with Crippen molar-refractivity contribution in [2.24, 2.45) is 0 Å². The quantitative estimate of drug-likeness (QED) is 0.930. The van der Waals surface area contributed by atoms with Crippen molar-refractivity contribution in [1.82, 2.24) is 4.98 Å². The molecule has 1 heterocycles. The van der Waals surface area contributed by atoms with E-state index in [1.54, 1.807) is 0 Å². The third-order valence-electron chi connectivity index (χ3n) is 3.93. The summed E-state index contributed by atoms with van der Waals surface area (Å²) in [6.07, 6.45) is 5.88. The first-order valence-electron chi connectivity index (χ1n) is 6.91. The average Bonchev–Trinajstić information content (AvgIpc) is 2.93. The maximum absolute atomic E-state index is 9.31. The van der Waals surface area contributed by atoms with Crippen LogP contribution >= 0.6 is 11.8 Å². The highest BCUT2D eigenvalue weighted by molar-refractivity contribution is 7.99. The zero-order valence-electron chi connectivity index (χ0n) is 11.5. The van der Waals surface area contributed by atoms with Gasteiger partial charge in [-0.2, -0.15) is 17.0 Å². The first-order valence-corrected chi connectivity index (χ1v) is 8.20. The molecule has 0 spiro atoms. The number of nitriles is 1. The normalized spacial score (nSPS) is 21.8. The molecular formula is C16H17N3S. The number of thioether (sulfide) groups is 1. The number of pyridine rings is 1. The van der Waals surface area contributed by atoms with Crippen LogP contribution in [-0.2, 0) is 0 Å². The molecule has 1 aliphatic rings. The lowest BCUT2D eigenvalue weighted by atomic mass is 10.1. The molecule has 2 atom stereocenters.